The lowest BCUT2D eigenvalue weighted by atomic mass is 9.99. The van der Waals surface area contributed by atoms with E-state index in [1.807, 2.05) is 36.4 Å². The third-order valence-corrected chi connectivity index (χ3v) is 8.38. The van der Waals surface area contributed by atoms with E-state index in [1.54, 1.807) is 23.8 Å². The average Bonchev–Trinajstić information content (AvgIpc) is 3.09. The Labute approximate surface area is 254 Å². The van der Waals surface area contributed by atoms with Crippen molar-refractivity contribution in [2.24, 2.45) is 0 Å². The van der Waals surface area contributed by atoms with Crippen LogP contribution >= 0.6 is 12.4 Å². The van der Waals surface area contributed by atoms with Gasteiger partial charge in [0.15, 0.2) is 0 Å². The number of nitrogens with one attached hydrogen (secondary N) is 2. The number of carbonyl (C=O) groups is 3. The average molecular weight is 593 g/mol. The van der Waals surface area contributed by atoms with Crippen LogP contribution in [0.2, 0.25) is 0 Å². The van der Waals surface area contributed by atoms with Crippen LogP contribution in [0.3, 0.4) is 0 Å². The van der Waals surface area contributed by atoms with Crippen molar-refractivity contribution >= 4 is 52.3 Å². The number of hydrogen-bond acceptors (Lipinski definition) is 6. The fourth-order valence-electron chi connectivity index (χ4n) is 5.62. The highest BCUT2D eigenvalue weighted by atomic mass is 35.5. The minimum atomic E-state index is -0.905. The molecule has 2 N–H and O–H groups in total. The molecule has 42 heavy (non-hydrogen) atoms. The third-order valence-electron chi connectivity index (χ3n) is 8.38. The van der Waals surface area contributed by atoms with Gasteiger partial charge in [0.05, 0.1) is 37.1 Å². The molecule has 10 heteroatoms. The van der Waals surface area contributed by atoms with Gasteiger partial charge in [-0.1, -0.05) is 48.5 Å². The number of aryl methyl sites for hydroxylation is 1. The molecule has 0 radical (unpaired) electrons. The van der Waals surface area contributed by atoms with E-state index >= 15 is 0 Å². The summed E-state index contributed by atoms with van der Waals surface area (Å²) in [5.74, 6) is -0.611. The summed E-state index contributed by atoms with van der Waals surface area (Å²) in [5, 5.41) is 8.07. The van der Waals surface area contributed by atoms with Crippen molar-refractivity contribution in [3.05, 3.63) is 71.8 Å². The molecule has 2 atom stereocenters. The zero-order valence-corrected chi connectivity index (χ0v) is 25.6. The number of carbonyl (C=O) groups excluding carboxylic acids is 3. The van der Waals surface area contributed by atoms with Gasteiger partial charge in [-0.25, -0.2) is 0 Å². The molecular formula is C32H41ClN6O3. The molecule has 1 saturated heterocycles. The summed E-state index contributed by atoms with van der Waals surface area (Å²) in [5.41, 5.74) is 3.45. The highest BCUT2D eigenvalue weighted by Crippen LogP contribution is 2.35. The fraction of sp³-hybridized carbons (Fsp3) is 0.406. The number of hydrogen-bond donors (Lipinski definition) is 2. The molecule has 3 amide bonds. The second kappa shape index (κ2) is 13.6. The van der Waals surface area contributed by atoms with Crippen molar-refractivity contribution < 1.29 is 14.4 Å². The molecule has 1 fully saturated rings. The standard InChI is InChI=1S/C32H40N6O3.ClH/c1-22-13-14-24-9-5-6-10-25(24)26(22)19-38-29-12-8-7-11-28(29)37(30(39)21-36-17-15-35(4)16-18-36)20-27(32(38)41)34-31(40)23(2)33-3;/h5-14,23,27,33H,15-21H2,1-4H3,(H,34,40);1H. The summed E-state index contributed by atoms with van der Waals surface area (Å²) in [6, 6.07) is 18.5. The van der Waals surface area contributed by atoms with Crippen LogP contribution in [0.15, 0.2) is 60.7 Å². The van der Waals surface area contributed by atoms with Gasteiger partial charge in [0.25, 0.3) is 5.91 Å². The number of para-hydroxylation sites is 2. The molecule has 0 spiro atoms. The second-order valence-electron chi connectivity index (χ2n) is 11.2. The van der Waals surface area contributed by atoms with Crippen molar-refractivity contribution in [2.75, 3.05) is 63.2 Å². The molecule has 3 aromatic carbocycles. The number of likely N-dealkylation sites (N-methyl/N-ethyl adjacent to an activating group) is 2. The monoisotopic (exact) mass is 592 g/mol. The smallest absolute Gasteiger partial charge is 0.251 e. The normalized spacial score (nSPS) is 18.7. The van der Waals surface area contributed by atoms with E-state index in [-0.39, 0.29) is 43.2 Å². The summed E-state index contributed by atoms with van der Waals surface area (Å²) in [7, 11) is 3.79. The van der Waals surface area contributed by atoms with Gasteiger partial charge >= 0.3 is 0 Å². The molecule has 2 unspecified atom stereocenters. The first-order valence-corrected chi connectivity index (χ1v) is 14.3. The van der Waals surface area contributed by atoms with E-state index < -0.39 is 12.1 Å². The van der Waals surface area contributed by atoms with Crippen molar-refractivity contribution in [1.29, 1.82) is 0 Å². The molecule has 9 nitrogen and oxygen atoms in total. The van der Waals surface area contributed by atoms with Crippen LogP contribution < -0.4 is 20.4 Å². The van der Waals surface area contributed by atoms with Gasteiger partial charge < -0.3 is 25.3 Å². The number of anilines is 2. The third kappa shape index (κ3) is 6.60. The Kier molecular flexibility index (Phi) is 10.2. The quantitative estimate of drug-likeness (QED) is 0.439. The summed E-state index contributed by atoms with van der Waals surface area (Å²) >= 11 is 0. The molecule has 5 rings (SSSR count). The zero-order chi connectivity index (χ0) is 29.1. The summed E-state index contributed by atoms with van der Waals surface area (Å²) in [6.07, 6.45) is 0. The predicted molar refractivity (Wildman–Crippen MR) is 170 cm³/mol. The number of nitrogens with zero attached hydrogens (tertiary/aromatic N) is 4. The van der Waals surface area contributed by atoms with E-state index in [2.05, 4.69) is 58.7 Å². The minimum Gasteiger partial charge on any atom is -0.341 e. The lowest BCUT2D eigenvalue weighted by Gasteiger charge is -2.34. The molecule has 0 aromatic heterocycles. The van der Waals surface area contributed by atoms with Gasteiger partial charge in [0, 0.05) is 26.2 Å². The molecule has 0 aliphatic carbocycles. The second-order valence-corrected chi connectivity index (χ2v) is 11.2. The lowest BCUT2D eigenvalue weighted by Crippen LogP contribution is -2.56. The predicted octanol–water partition coefficient (Wildman–Crippen LogP) is 2.79. The Morgan fingerprint density at radius 3 is 2.33 bits per heavy atom. The largest absolute Gasteiger partial charge is 0.341 e. The first-order chi connectivity index (χ1) is 19.8. The van der Waals surface area contributed by atoms with Gasteiger partial charge in [-0.15, -0.1) is 12.4 Å². The number of amides is 3. The van der Waals surface area contributed by atoms with Crippen LogP contribution in [0, 0.1) is 6.92 Å². The maximum absolute atomic E-state index is 14.3. The van der Waals surface area contributed by atoms with Crippen molar-refractivity contribution in [3.63, 3.8) is 0 Å². The van der Waals surface area contributed by atoms with Gasteiger partial charge in [0.1, 0.15) is 6.04 Å². The maximum Gasteiger partial charge on any atom is 0.251 e. The summed E-state index contributed by atoms with van der Waals surface area (Å²) in [4.78, 5) is 49.1. The molecule has 3 aromatic rings. The van der Waals surface area contributed by atoms with Crippen molar-refractivity contribution in [1.82, 2.24) is 20.4 Å². The van der Waals surface area contributed by atoms with Crippen LogP contribution in [-0.4, -0.2) is 93.0 Å². The van der Waals surface area contributed by atoms with Gasteiger partial charge in [-0.05, 0) is 62.0 Å². The molecule has 0 saturated carbocycles. The van der Waals surface area contributed by atoms with E-state index in [4.69, 9.17) is 0 Å². The molecule has 0 bridgehead atoms. The Hall–Kier alpha value is -3.50. The van der Waals surface area contributed by atoms with Gasteiger partial charge in [0.2, 0.25) is 11.8 Å². The zero-order valence-electron chi connectivity index (χ0n) is 24.8. The Morgan fingerprint density at radius 2 is 1.62 bits per heavy atom. The van der Waals surface area contributed by atoms with Crippen molar-refractivity contribution in [3.8, 4) is 0 Å². The van der Waals surface area contributed by atoms with Crippen LogP contribution in [0.5, 0.6) is 0 Å². The van der Waals surface area contributed by atoms with E-state index in [9.17, 15) is 14.4 Å². The fourth-order valence-corrected chi connectivity index (χ4v) is 5.62. The Balaban J connectivity index is 0.00000405. The maximum atomic E-state index is 14.3. The van der Waals surface area contributed by atoms with E-state index in [0.29, 0.717) is 17.9 Å². The van der Waals surface area contributed by atoms with Crippen LogP contribution in [-0.2, 0) is 20.9 Å². The molecule has 2 aliphatic rings. The highest BCUT2D eigenvalue weighted by Gasteiger charge is 2.38. The molecule has 224 valence electrons. The Morgan fingerprint density at radius 1 is 0.952 bits per heavy atom. The summed E-state index contributed by atoms with van der Waals surface area (Å²) < 4.78 is 0. The minimum absolute atomic E-state index is 0. The van der Waals surface area contributed by atoms with Gasteiger partial charge in [-0.3, -0.25) is 19.3 Å². The lowest BCUT2D eigenvalue weighted by molar-refractivity contribution is -0.128. The number of benzene rings is 3. The SMILES string of the molecule is CNC(C)C(=O)NC1CN(C(=O)CN2CCN(C)CC2)c2ccccc2N(Cc2c(C)ccc3ccccc23)C1=O.Cl. The van der Waals surface area contributed by atoms with Crippen LogP contribution in [0.25, 0.3) is 10.8 Å². The van der Waals surface area contributed by atoms with E-state index in [1.165, 1.54) is 0 Å². The molecular weight excluding hydrogens is 552 g/mol. The number of rotatable bonds is 7. The Bertz CT molecular complexity index is 1440. The first-order valence-electron chi connectivity index (χ1n) is 14.3. The number of halogens is 1. The highest BCUT2D eigenvalue weighted by molar-refractivity contribution is 6.08. The summed E-state index contributed by atoms with van der Waals surface area (Å²) in [6.45, 7) is 7.86. The molecule has 2 heterocycles. The van der Waals surface area contributed by atoms with E-state index in [0.717, 1.165) is 48.1 Å². The molecule has 2 aliphatic heterocycles. The van der Waals surface area contributed by atoms with Crippen LogP contribution in [0.4, 0.5) is 11.4 Å². The topological polar surface area (TPSA) is 88.2 Å². The van der Waals surface area contributed by atoms with Gasteiger partial charge in [-0.2, -0.15) is 0 Å². The number of fused-ring (bicyclic) bond motifs is 2. The first kappa shape index (κ1) is 31.4. The number of piperazine rings is 1. The van der Waals surface area contributed by atoms with Crippen LogP contribution in [0.1, 0.15) is 18.1 Å². The van der Waals surface area contributed by atoms with Crippen molar-refractivity contribution in [2.45, 2.75) is 32.5 Å².